The van der Waals surface area contributed by atoms with E-state index in [1.54, 1.807) is 4.57 Å². The fourth-order valence-electron chi connectivity index (χ4n) is 1.96. The molecule has 1 saturated carbocycles. The molecule has 0 aliphatic heterocycles. The molecule has 0 unspecified atom stereocenters. The monoisotopic (exact) mass is 204 g/mol. The Morgan fingerprint density at radius 1 is 1.47 bits per heavy atom. The number of imidazole rings is 1. The van der Waals surface area contributed by atoms with Crippen LogP contribution >= 0.6 is 0 Å². The summed E-state index contributed by atoms with van der Waals surface area (Å²) in [5.41, 5.74) is 2.57. The first-order chi connectivity index (χ1) is 7.29. The summed E-state index contributed by atoms with van der Waals surface area (Å²) in [4.78, 5) is 14.5. The molecular formula is C11H12N2O2. The molecule has 1 aliphatic rings. The first-order valence-corrected chi connectivity index (χ1v) is 5.13. The van der Waals surface area contributed by atoms with E-state index >= 15 is 0 Å². The van der Waals surface area contributed by atoms with Crippen LogP contribution in [0.25, 0.3) is 11.0 Å². The van der Waals surface area contributed by atoms with Crippen LogP contribution in [0.1, 0.15) is 24.4 Å². The average molecular weight is 204 g/mol. The van der Waals surface area contributed by atoms with Crippen molar-refractivity contribution in [2.45, 2.75) is 25.5 Å². The Hall–Kier alpha value is -1.55. The molecule has 0 saturated heterocycles. The number of benzene rings is 1. The van der Waals surface area contributed by atoms with Gasteiger partial charge in [0.05, 0.1) is 17.6 Å². The molecule has 4 heteroatoms. The van der Waals surface area contributed by atoms with Crippen molar-refractivity contribution in [3.05, 3.63) is 34.2 Å². The highest BCUT2D eigenvalue weighted by atomic mass is 16.3. The Morgan fingerprint density at radius 3 is 2.93 bits per heavy atom. The molecule has 0 amide bonds. The summed E-state index contributed by atoms with van der Waals surface area (Å²) in [5.74, 6) is 0. The first kappa shape index (κ1) is 8.73. The molecule has 0 radical (unpaired) electrons. The van der Waals surface area contributed by atoms with Gasteiger partial charge in [-0.1, -0.05) is 6.07 Å². The van der Waals surface area contributed by atoms with Crippen LogP contribution in [-0.4, -0.2) is 14.7 Å². The van der Waals surface area contributed by atoms with Gasteiger partial charge in [-0.3, -0.25) is 4.57 Å². The van der Waals surface area contributed by atoms with Crippen LogP contribution in [0.15, 0.2) is 23.0 Å². The lowest BCUT2D eigenvalue weighted by atomic mass is 10.2. The van der Waals surface area contributed by atoms with Gasteiger partial charge in [0.2, 0.25) is 0 Å². The maximum atomic E-state index is 11.7. The van der Waals surface area contributed by atoms with E-state index in [1.165, 1.54) is 0 Å². The fraction of sp³-hybridized carbons (Fsp3) is 0.364. The van der Waals surface area contributed by atoms with Crippen molar-refractivity contribution in [2.75, 3.05) is 0 Å². The van der Waals surface area contributed by atoms with Crippen LogP contribution in [0.3, 0.4) is 0 Å². The quantitative estimate of drug-likeness (QED) is 0.771. The van der Waals surface area contributed by atoms with Crippen molar-refractivity contribution in [3.8, 4) is 0 Å². The molecule has 4 nitrogen and oxygen atoms in total. The first-order valence-electron chi connectivity index (χ1n) is 5.13. The number of nitrogens with one attached hydrogen (secondary N) is 1. The topological polar surface area (TPSA) is 58.0 Å². The van der Waals surface area contributed by atoms with Gasteiger partial charge in [-0.2, -0.15) is 0 Å². The summed E-state index contributed by atoms with van der Waals surface area (Å²) in [6, 6.07) is 5.92. The SMILES string of the molecule is O=c1[nH]c2ccc(CO)cc2n1C1CC1. The van der Waals surface area contributed by atoms with Gasteiger partial charge in [-0.15, -0.1) is 0 Å². The minimum atomic E-state index is -0.0393. The number of rotatable bonds is 2. The largest absolute Gasteiger partial charge is 0.392 e. The normalized spacial score (nSPS) is 16.1. The van der Waals surface area contributed by atoms with Gasteiger partial charge in [0.15, 0.2) is 0 Å². The average Bonchev–Trinajstić information content (AvgIpc) is 3.00. The summed E-state index contributed by atoms with van der Waals surface area (Å²) in [5, 5.41) is 9.05. The molecular weight excluding hydrogens is 192 g/mol. The lowest BCUT2D eigenvalue weighted by Gasteiger charge is -2.01. The molecule has 78 valence electrons. The Labute approximate surface area is 86.2 Å². The van der Waals surface area contributed by atoms with Crippen LogP contribution in [0.5, 0.6) is 0 Å². The summed E-state index contributed by atoms with van der Waals surface area (Å²) in [6.07, 6.45) is 2.16. The third-order valence-corrected chi connectivity index (χ3v) is 2.88. The molecule has 0 bridgehead atoms. The molecule has 2 N–H and O–H groups in total. The predicted molar refractivity (Wildman–Crippen MR) is 56.8 cm³/mol. The number of aliphatic hydroxyl groups is 1. The summed E-state index contributed by atoms with van der Waals surface area (Å²) in [7, 11) is 0. The minimum absolute atomic E-state index is 0.0139. The van der Waals surface area contributed by atoms with E-state index in [9.17, 15) is 4.79 Å². The van der Waals surface area contributed by atoms with Crippen LogP contribution in [-0.2, 0) is 6.61 Å². The Bertz CT molecular complexity index is 563. The third-order valence-electron chi connectivity index (χ3n) is 2.88. The van der Waals surface area contributed by atoms with E-state index in [0.29, 0.717) is 6.04 Å². The second-order valence-corrected chi connectivity index (χ2v) is 4.04. The van der Waals surface area contributed by atoms with Crippen LogP contribution in [0.4, 0.5) is 0 Å². The number of hydrogen-bond donors (Lipinski definition) is 2. The molecule has 1 aliphatic carbocycles. The standard InChI is InChI=1S/C11H12N2O2/c14-6-7-1-4-9-10(5-7)13(8-2-3-8)11(15)12-9/h1,4-5,8,14H,2-3,6H2,(H,12,15). The number of aromatic nitrogens is 2. The van der Waals surface area contributed by atoms with Crippen molar-refractivity contribution in [1.82, 2.24) is 9.55 Å². The predicted octanol–water partition coefficient (Wildman–Crippen LogP) is 1.16. The van der Waals surface area contributed by atoms with Crippen molar-refractivity contribution in [3.63, 3.8) is 0 Å². The van der Waals surface area contributed by atoms with Gasteiger partial charge in [0, 0.05) is 6.04 Å². The molecule has 1 heterocycles. The van der Waals surface area contributed by atoms with E-state index in [2.05, 4.69) is 4.98 Å². The Balaban J connectivity index is 2.31. The highest BCUT2D eigenvalue weighted by Gasteiger charge is 2.27. The summed E-state index contributed by atoms with van der Waals surface area (Å²) < 4.78 is 1.80. The number of aliphatic hydroxyl groups excluding tert-OH is 1. The van der Waals surface area contributed by atoms with E-state index in [0.717, 1.165) is 29.4 Å². The van der Waals surface area contributed by atoms with Gasteiger partial charge >= 0.3 is 5.69 Å². The van der Waals surface area contributed by atoms with E-state index in [4.69, 9.17) is 5.11 Å². The molecule has 1 fully saturated rings. The lowest BCUT2D eigenvalue weighted by Crippen LogP contribution is -2.14. The molecule has 1 aromatic carbocycles. The van der Waals surface area contributed by atoms with E-state index in [-0.39, 0.29) is 12.3 Å². The summed E-state index contributed by atoms with van der Waals surface area (Å²) in [6.45, 7) is 0.0139. The minimum Gasteiger partial charge on any atom is -0.392 e. The zero-order valence-corrected chi connectivity index (χ0v) is 8.23. The van der Waals surface area contributed by atoms with Crippen LogP contribution in [0, 0.1) is 0 Å². The van der Waals surface area contributed by atoms with Gasteiger partial charge in [-0.25, -0.2) is 4.79 Å². The van der Waals surface area contributed by atoms with Crippen LogP contribution in [0.2, 0.25) is 0 Å². The highest BCUT2D eigenvalue weighted by Crippen LogP contribution is 2.35. The maximum absolute atomic E-state index is 11.7. The zero-order chi connectivity index (χ0) is 10.4. The smallest absolute Gasteiger partial charge is 0.326 e. The second kappa shape index (κ2) is 2.97. The summed E-state index contributed by atoms with van der Waals surface area (Å²) >= 11 is 0. The molecule has 15 heavy (non-hydrogen) atoms. The fourth-order valence-corrected chi connectivity index (χ4v) is 1.96. The Kier molecular flexibility index (Phi) is 1.73. The molecule has 2 aromatic rings. The molecule has 0 atom stereocenters. The van der Waals surface area contributed by atoms with Gasteiger partial charge in [0.1, 0.15) is 0 Å². The van der Waals surface area contributed by atoms with Crippen LogP contribution < -0.4 is 5.69 Å². The van der Waals surface area contributed by atoms with Crippen molar-refractivity contribution in [2.24, 2.45) is 0 Å². The van der Waals surface area contributed by atoms with E-state index < -0.39 is 0 Å². The van der Waals surface area contributed by atoms with Gasteiger partial charge in [0.25, 0.3) is 0 Å². The molecule has 1 aromatic heterocycles. The van der Waals surface area contributed by atoms with Crippen molar-refractivity contribution >= 4 is 11.0 Å². The lowest BCUT2D eigenvalue weighted by molar-refractivity contribution is 0.282. The van der Waals surface area contributed by atoms with Crippen molar-refractivity contribution in [1.29, 1.82) is 0 Å². The molecule has 3 rings (SSSR count). The maximum Gasteiger partial charge on any atom is 0.326 e. The Morgan fingerprint density at radius 2 is 2.27 bits per heavy atom. The number of hydrogen-bond acceptors (Lipinski definition) is 2. The number of fused-ring (bicyclic) bond motifs is 1. The van der Waals surface area contributed by atoms with Crippen molar-refractivity contribution < 1.29 is 5.11 Å². The number of H-pyrrole nitrogens is 1. The van der Waals surface area contributed by atoms with E-state index in [1.807, 2.05) is 18.2 Å². The highest BCUT2D eigenvalue weighted by molar-refractivity contribution is 5.76. The zero-order valence-electron chi connectivity index (χ0n) is 8.23. The third kappa shape index (κ3) is 1.29. The van der Waals surface area contributed by atoms with Gasteiger partial charge in [-0.05, 0) is 30.5 Å². The number of nitrogens with zero attached hydrogens (tertiary/aromatic N) is 1. The number of aromatic amines is 1. The van der Waals surface area contributed by atoms with Gasteiger partial charge < -0.3 is 10.1 Å². The second-order valence-electron chi connectivity index (χ2n) is 4.04. The molecule has 0 spiro atoms.